The lowest BCUT2D eigenvalue weighted by atomic mass is 9.92. The van der Waals surface area contributed by atoms with Gasteiger partial charge in [0.1, 0.15) is 0 Å². The number of H-pyrrole nitrogens is 1. The molecule has 0 fully saturated rings. The molecule has 1 amide bonds. The number of fused-ring (bicyclic) bond motifs is 1. The summed E-state index contributed by atoms with van der Waals surface area (Å²) in [6.45, 7) is 5.80. The summed E-state index contributed by atoms with van der Waals surface area (Å²) in [5.41, 5.74) is 3.11. The molecular formula is C21H24FN5O. The number of amides is 1. The fourth-order valence-electron chi connectivity index (χ4n) is 3.81. The van der Waals surface area contributed by atoms with E-state index in [-0.39, 0.29) is 17.6 Å². The molecule has 7 heteroatoms. The summed E-state index contributed by atoms with van der Waals surface area (Å²) in [6.07, 6.45) is 8.24. The average molecular weight is 381 g/mol. The molecule has 3 heterocycles. The highest BCUT2D eigenvalue weighted by molar-refractivity contribution is 5.89. The Balaban J connectivity index is 1.57. The van der Waals surface area contributed by atoms with Crippen molar-refractivity contribution in [1.82, 2.24) is 24.9 Å². The van der Waals surface area contributed by atoms with Crippen LogP contribution in [-0.4, -0.2) is 43.9 Å². The van der Waals surface area contributed by atoms with Crippen molar-refractivity contribution < 1.29 is 9.18 Å². The van der Waals surface area contributed by atoms with E-state index < -0.39 is 0 Å². The van der Waals surface area contributed by atoms with Crippen LogP contribution in [0.4, 0.5) is 4.39 Å². The highest BCUT2D eigenvalue weighted by Crippen LogP contribution is 2.33. The number of aromatic amines is 1. The molecule has 1 aromatic carbocycles. The van der Waals surface area contributed by atoms with Gasteiger partial charge in [-0.25, -0.2) is 4.39 Å². The predicted molar refractivity (Wildman–Crippen MR) is 106 cm³/mol. The van der Waals surface area contributed by atoms with E-state index in [1.807, 2.05) is 12.1 Å². The van der Waals surface area contributed by atoms with Crippen LogP contribution in [-0.2, 0) is 11.3 Å². The Hall–Kier alpha value is -2.96. The first-order chi connectivity index (χ1) is 13.5. The summed E-state index contributed by atoms with van der Waals surface area (Å²) in [6, 6.07) is 3.87. The van der Waals surface area contributed by atoms with Gasteiger partial charge < -0.3 is 9.88 Å². The predicted octanol–water partition coefficient (Wildman–Crippen LogP) is 3.73. The zero-order valence-electron chi connectivity index (χ0n) is 16.2. The lowest BCUT2D eigenvalue weighted by molar-refractivity contribution is -0.131. The Morgan fingerprint density at radius 1 is 1.39 bits per heavy atom. The third-order valence-electron chi connectivity index (χ3n) is 5.31. The topological polar surface area (TPSA) is 66.8 Å². The third kappa shape index (κ3) is 3.44. The number of aromatic nitrogens is 4. The van der Waals surface area contributed by atoms with Gasteiger partial charge in [0.05, 0.1) is 18.3 Å². The standard InChI is InChI=1S/C21H24FN5O/c1-14(2)17-12-18(20(22)21-16(17)5-7-23-21)15-4-3-9-26(13-15)19(28)6-10-27-11-8-24-25-27/h4-5,7-8,11-12,14,23H,3,6,9-10,13H2,1-2H3. The normalized spacial score (nSPS) is 14.7. The van der Waals surface area contributed by atoms with Crippen molar-refractivity contribution in [3.63, 3.8) is 0 Å². The molecule has 3 aromatic rings. The van der Waals surface area contributed by atoms with Gasteiger partial charge in [-0.15, -0.1) is 5.10 Å². The summed E-state index contributed by atoms with van der Waals surface area (Å²) in [7, 11) is 0. The maximum atomic E-state index is 15.2. The van der Waals surface area contributed by atoms with E-state index in [9.17, 15) is 4.79 Å². The summed E-state index contributed by atoms with van der Waals surface area (Å²) in [5.74, 6) is 0.0846. The van der Waals surface area contributed by atoms with Crippen molar-refractivity contribution in [1.29, 1.82) is 0 Å². The quantitative estimate of drug-likeness (QED) is 0.732. The molecule has 4 rings (SSSR count). The molecule has 0 unspecified atom stereocenters. The molecule has 0 spiro atoms. The molecule has 0 saturated heterocycles. The number of rotatable bonds is 5. The fourth-order valence-corrected chi connectivity index (χ4v) is 3.81. The fraction of sp³-hybridized carbons (Fsp3) is 0.381. The van der Waals surface area contributed by atoms with Crippen LogP contribution in [0.2, 0.25) is 0 Å². The lowest BCUT2D eigenvalue weighted by Gasteiger charge is -2.28. The second-order valence-electron chi connectivity index (χ2n) is 7.50. The second kappa shape index (κ2) is 7.58. The number of carbonyl (C=O) groups is 1. The number of halogens is 1. The van der Waals surface area contributed by atoms with Gasteiger partial charge in [0.15, 0.2) is 5.82 Å². The van der Waals surface area contributed by atoms with Crippen molar-refractivity contribution >= 4 is 22.4 Å². The lowest BCUT2D eigenvalue weighted by Crippen LogP contribution is -2.36. The number of nitrogens with zero attached hydrogens (tertiary/aromatic N) is 4. The largest absolute Gasteiger partial charge is 0.359 e. The molecule has 2 aromatic heterocycles. The first-order valence-corrected chi connectivity index (χ1v) is 9.65. The maximum Gasteiger partial charge on any atom is 0.224 e. The van der Waals surface area contributed by atoms with Crippen LogP contribution in [0.15, 0.2) is 36.8 Å². The zero-order chi connectivity index (χ0) is 19.7. The third-order valence-corrected chi connectivity index (χ3v) is 5.31. The SMILES string of the molecule is CC(C)c1cc(C2=CCCN(C(=O)CCn3ccnn3)C2)c(F)c2[nH]ccc12. The van der Waals surface area contributed by atoms with E-state index in [1.165, 1.54) is 0 Å². The Kier molecular flexibility index (Phi) is 4.98. The monoisotopic (exact) mass is 381 g/mol. The van der Waals surface area contributed by atoms with Crippen molar-refractivity contribution in [2.75, 3.05) is 13.1 Å². The molecule has 1 N–H and O–H groups in total. The van der Waals surface area contributed by atoms with E-state index in [0.29, 0.717) is 37.1 Å². The molecule has 28 heavy (non-hydrogen) atoms. The number of carbonyl (C=O) groups excluding carboxylic acids is 1. The van der Waals surface area contributed by atoms with Gasteiger partial charge in [-0.3, -0.25) is 9.48 Å². The van der Waals surface area contributed by atoms with Gasteiger partial charge in [0.2, 0.25) is 5.91 Å². The maximum absolute atomic E-state index is 15.2. The van der Waals surface area contributed by atoms with Gasteiger partial charge in [-0.1, -0.05) is 25.1 Å². The first kappa shape index (κ1) is 18.4. The minimum absolute atomic E-state index is 0.0477. The number of aryl methyl sites for hydroxylation is 1. The average Bonchev–Trinajstić information content (AvgIpc) is 3.38. The Morgan fingerprint density at radius 2 is 2.25 bits per heavy atom. The summed E-state index contributed by atoms with van der Waals surface area (Å²) in [4.78, 5) is 17.5. The van der Waals surface area contributed by atoms with Gasteiger partial charge in [-0.05, 0) is 35.6 Å². The van der Waals surface area contributed by atoms with Crippen molar-refractivity contribution in [3.05, 3.63) is 53.7 Å². The summed E-state index contributed by atoms with van der Waals surface area (Å²) in [5, 5.41) is 8.56. The van der Waals surface area contributed by atoms with Crippen LogP contribution in [0, 0.1) is 5.82 Å². The van der Waals surface area contributed by atoms with E-state index in [2.05, 4.69) is 35.2 Å². The molecule has 146 valence electrons. The molecule has 1 aliphatic rings. The van der Waals surface area contributed by atoms with E-state index in [0.717, 1.165) is 22.9 Å². The van der Waals surface area contributed by atoms with Crippen LogP contribution < -0.4 is 0 Å². The van der Waals surface area contributed by atoms with E-state index in [4.69, 9.17) is 0 Å². The molecule has 1 aliphatic heterocycles. The Labute approximate surface area is 163 Å². The van der Waals surface area contributed by atoms with Gasteiger partial charge >= 0.3 is 0 Å². The minimum Gasteiger partial charge on any atom is -0.359 e. The number of hydrogen-bond acceptors (Lipinski definition) is 3. The highest BCUT2D eigenvalue weighted by atomic mass is 19.1. The van der Waals surface area contributed by atoms with E-state index >= 15 is 4.39 Å². The van der Waals surface area contributed by atoms with Crippen LogP contribution in [0.25, 0.3) is 16.5 Å². The first-order valence-electron chi connectivity index (χ1n) is 9.65. The molecule has 6 nitrogen and oxygen atoms in total. The van der Waals surface area contributed by atoms with Crippen LogP contribution >= 0.6 is 0 Å². The van der Waals surface area contributed by atoms with Gasteiger partial charge in [-0.2, -0.15) is 0 Å². The molecule has 0 radical (unpaired) electrons. The molecule has 0 bridgehead atoms. The van der Waals surface area contributed by atoms with E-state index in [1.54, 1.807) is 28.2 Å². The van der Waals surface area contributed by atoms with Crippen LogP contribution in [0.1, 0.15) is 43.7 Å². The van der Waals surface area contributed by atoms with Gasteiger partial charge in [0.25, 0.3) is 0 Å². The molecule has 0 atom stereocenters. The van der Waals surface area contributed by atoms with Crippen LogP contribution in [0.3, 0.4) is 0 Å². The van der Waals surface area contributed by atoms with Gasteiger partial charge in [0, 0.05) is 42.9 Å². The minimum atomic E-state index is -0.243. The van der Waals surface area contributed by atoms with Crippen LogP contribution in [0.5, 0.6) is 0 Å². The number of hydrogen-bond donors (Lipinski definition) is 1. The zero-order valence-corrected chi connectivity index (χ0v) is 16.2. The number of benzene rings is 1. The summed E-state index contributed by atoms with van der Waals surface area (Å²) >= 11 is 0. The summed E-state index contributed by atoms with van der Waals surface area (Å²) < 4.78 is 16.8. The smallest absolute Gasteiger partial charge is 0.224 e. The molecule has 0 aliphatic carbocycles. The highest BCUT2D eigenvalue weighted by Gasteiger charge is 2.23. The van der Waals surface area contributed by atoms with Crippen molar-refractivity contribution in [2.45, 2.75) is 39.2 Å². The molecular weight excluding hydrogens is 357 g/mol. The van der Waals surface area contributed by atoms with Crippen molar-refractivity contribution in [2.24, 2.45) is 0 Å². The second-order valence-corrected chi connectivity index (χ2v) is 7.50. The Bertz CT molecular complexity index is 1020. The Morgan fingerprint density at radius 3 is 3.00 bits per heavy atom. The molecule has 0 saturated carbocycles. The number of nitrogens with one attached hydrogen (secondary N) is 1. The van der Waals surface area contributed by atoms with Crippen molar-refractivity contribution in [3.8, 4) is 0 Å².